The summed E-state index contributed by atoms with van der Waals surface area (Å²) in [5.41, 5.74) is 1.54. The van der Waals surface area contributed by atoms with Crippen molar-refractivity contribution < 1.29 is 14.7 Å². The van der Waals surface area contributed by atoms with Gasteiger partial charge in [0.15, 0.2) is 0 Å². The van der Waals surface area contributed by atoms with Crippen molar-refractivity contribution in [2.24, 2.45) is 17.3 Å². The summed E-state index contributed by atoms with van der Waals surface area (Å²) >= 11 is 0. The van der Waals surface area contributed by atoms with Crippen molar-refractivity contribution in [2.75, 3.05) is 33.3 Å². The highest BCUT2D eigenvalue weighted by atomic mass is 16.7. The summed E-state index contributed by atoms with van der Waals surface area (Å²) in [6.45, 7) is 4.80. The molecule has 3 heterocycles. The molecule has 0 aromatic heterocycles. The number of likely N-dealkylation sites (tertiary alicyclic amines) is 1. The highest BCUT2D eigenvalue weighted by molar-refractivity contribution is 5.38. The predicted octanol–water partition coefficient (Wildman–Crippen LogP) is 5.02. The molecule has 180 valence electrons. The third kappa shape index (κ3) is 4.63. The fraction of sp³-hybridized carbons (Fsp3) is 0.852. The third-order valence-electron chi connectivity index (χ3n) is 8.97. The quantitative estimate of drug-likeness (QED) is 0.533. The van der Waals surface area contributed by atoms with Gasteiger partial charge in [0.2, 0.25) is 0 Å². The fourth-order valence-corrected chi connectivity index (χ4v) is 7.42. The summed E-state index contributed by atoms with van der Waals surface area (Å²) < 4.78 is 6.54. The molecule has 5 rings (SSSR count). The average Bonchev–Trinajstić information content (AvgIpc) is 3.03. The van der Waals surface area contributed by atoms with Crippen LogP contribution in [0.25, 0.3) is 0 Å². The smallest absolute Gasteiger partial charge is 0.111 e. The van der Waals surface area contributed by atoms with Gasteiger partial charge in [0.1, 0.15) is 6.10 Å². The summed E-state index contributed by atoms with van der Waals surface area (Å²) in [5, 5.41) is 12.4. The Morgan fingerprint density at radius 2 is 1.97 bits per heavy atom. The van der Waals surface area contributed by atoms with Crippen molar-refractivity contribution in [3.8, 4) is 0 Å². The summed E-state index contributed by atoms with van der Waals surface area (Å²) in [6, 6.07) is 0. The first kappa shape index (κ1) is 22.7. The van der Waals surface area contributed by atoms with Crippen LogP contribution in [0.3, 0.4) is 0 Å². The topological polar surface area (TPSA) is 45.2 Å². The fourth-order valence-electron chi connectivity index (χ4n) is 7.42. The molecule has 2 fully saturated rings. The molecule has 5 atom stereocenters. The number of unbranched alkanes of at least 4 members (excludes halogenated alkanes) is 3. The number of aliphatic hydroxyl groups excluding tert-OH is 1. The van der Waals surface area contributed by atoms with E-state index < -0.39 is 0 Å². The van der Waals surface area contributed by atoms with Crippen LogP contribution in [-0.4, -0.2) is 60.6 Å². The predicted molar refractivity (Wildman–Crippen MR) is 127 cm³/mol. The first-order valence-electron chi connectivity index (χ1n) is 13.5. The average molecular weight is 445 g/mol. The van der Waals surface area contributed by atoms with Gasteiger partial charge in [0.25, 0.3) is 0 Å². The van der Waals surface area contributed by atoms with E-state index in [-0.39, 0.29) is 17.6 Å². The first-order chi connectivity index (χ1) is 15.7. The van der Waals surface area contributed by atoms with Crippen LogP contribution in [0.15, 0.2) is 23.6 Å². The Hall–Kier alpha value is -1.04. The molecule has 0 aromatic rings. The highest BCUT2D eigenvalue weighted by Gasteiger charge is 2.56. The number of rotatable bonds is 8. The van der Waals surface area contributed by atoms with Crippen LogP contribution in [0.5, 0.6) is 0 Å². The SMILES string of the molecule is CON1C=CC23CC(CCCCCCN4CCCCC4)CC[C@@H]2OC2=C3[C@H](C[C@@H](O)C2)C1. The lowest BCUT2D eigenvalue weighted by atomic mass is 9.60. The zero-order valence-corrected chi connectivity index (χ0v) is 20.1. The minimum absolute atomic E-state index is 0.0323. The van der Waals surface area contributed by atoms with E-state index in [9.17, 15) is 5.11 Å². The molecule has 1 N–H and O–H groups in total. The Bertz CT molecular complexity index is 701. The first-order valence-corrected chi connectivity index (χ1v) is 13.5. The van der Waals surface area contributed by atoms with Crippen LogP contribution in [0.4, 0.5) is 0 Å². The minimum atomic E-state index is -0.284. The van der Waals surface area contributed by atoms with Gasteiger partial charge in [-0.3, -0.25) is 9.90 Å². The maximum absolute atomic E-state index is 10.5. The van der Waals surface area contributed by atoms with E-state index in [1.807, 2.05) is 5.06 Å². The third-order valence-corrected chi connectivity index (χ3v) is 8.97. The molecule has 5 nitrogen and oxygen atoms in total. The van der Waals surface area contributed by atoms with Crippen LogP contribution in [0.2, 0.25) is 0 Å². The molecule has 1 saturated carbocycles. The van der Waals surface area contributed by atoms with E-state index in [4.69, 9.17) is 9.57 Å². The number of ether oxygens (including phenoxy) is 1. The van der Waals surface area contributed by atoms with Crippen LogP contribution < -0.4 is 0 Å². The second kappa shape index (κ2) is 10.1. The molecule has 5 aliphatic rings. The van der Waals surface area contributed by atoms with Crippen LogP contribution in [-0.2, 0) is 9.57 Å². The van der Waals surface area contributed by atoms with Crippen molar-refractivity contribution in [3.05, 3.63) is 23.6 Å². The van der Waals surface area contributed by atoms with E-state index in [2.05, 4.69) is 17.2 Å². The van der Waals surface area contributed by atoms with Gasteiger partial charge in [-0.15, -0.1) is 0 Å². The lowest BCUT2D eigenvalue weighted by Gasteiger charge is -2.42. The van der Waals surface area contributed by atoms with E-state index in [1.54, 1.807) is 7.11 Å². The number of nitrogens with zero attached hydrogens (tertiary/aromatic N) is 2. The Labute approximate surface area is 194 Å². The van der Waals surface area contributed by atoms with Gasteiger partial charge in [0.05, 0.1) is 30.9 Å². The lowest BCUT2D eigenvalue weighted by Crippen LogP contribution is -2.41. The number of piperidine rings is 1. The second-order valence-electron chi connectivity index (χ2n) is 11.1. The van der Waals surface area contributed by atoms with Gasteiger partial charge < -0.3 is 14.7 Å². The summed E-state index contributed by atoms with van der Waals surface area (Å²) in [7, 11) is 1.75. The van der Waals surface area contributed by atoms with E-state index >= 15 is 0 Å². The van der Waals surface area contributed by atoms with Crippen molar-refractivity contribution in [1.82, 2.24) is 9.96 Å². The largest absolute Gasteiger partial charge is 0.493 e. The van der Waals surface area contributed by atoms with Crippen molar-refractivity contribution in [3.63, 3.8) is 0 Å². The lowest BCUT2D eigenvalue weighted by molar-refractivity contribution is -0.0967. The Morgan fingerprint density at radius 3 is 2.81 bits per heavy atom. The molecular formula is C27H44N2O3. The molecule has 0 radical (unpaired) electrons. The van der Waals surface area contributed by atoms with Crippen LogP contribution in [0, 0.1) is 17.3 Å². The van der Waals surface area contributed by atoms with Crippen molar-refractivity contribution in [2.45, 2.75) is 95.7 Å². The van der Waals surface area contributed by atoms with Gasteiger partial charge in [-0.05, 0) is 76.1 Å². The molecule has 5 heteroatoms. The number of hydrogen-bond donors (Lipinski definition) is 1. The standard InChI is InChI=1S/C27H44N2O3/c1-31-29-16-12-27-19-21(9-5-2-3-6-13-28-14-7-4-8-15-28)10-11-25(27)32-24-18-23(30)17-22(20-29)26(24)27/h12,16,21-23,25,30H,2-11,13-15,17-20H2,1H3/t21?,22-,23-,25+,27?/m1/s1. The molecule has 3 aliphatic heterocycles. The Kier molecular flexibility index (Phi) is 7.15. The van der Waals surface area contributed by atoms with Gasteiger partial charge in [0, 0.05) is 18.5 Å². The monoisotopic (exact) mass is 444 g/mol. The molecule has 2 unspecified atom stereocenters. The van der Waals surface area contributed by atoms with E-state index in [0.717, 1.165) is 31.1 Å². The summed E-state index contributed by atoms with van der Waals surface area (Å²) in [5.74, 6) is 2.23. The van der Waals surface area contributed by atoms with Gasteiger partial charge in [-0.1, -0.05) is 38.2 Å². The van der Waals surface area contributed by atoms with E-state index in [1.165, 1.54) is 89.4 Å². The summed E-state index contributed by atoms with van der Waals surface area (Å²) in [4.78, 5) is 8.29. The maximum Gasteiger partial charge on any atom is 0.111 e. The van der Waals surface area contributed by atoms with E-state index in [0.29, 0.717) is 12.3 Å². The molecule has 32 heavy (non-hydrogen) atoms. The minimum Gasteiger partial charge on any atom is -0.493 e. The normalized spacial score (nSPS) is 37.1. The Morgan fingerprint density at radius 1 is 1.12 bits per heavy atom. The summed E-state index contributed by atoms with van der Waals surface area (Å²) in [6.07, 6.45) is 20.8. The van der Waals surface area contributed by atoms with Crippen molar-refractivity contribution in [1.29, 1.82) is 0 Å². The zero-order valence-electron chi connectivity index (χ0n) is 20.1. The molecule has 0 aromatic carbocycles. The highest BCUT2D eigenvalue weighted by Crippen LogP contribution is 2.59. The van der Waals surface area contributed by atoms with Crippen molar-refractivity contribution >= 4 is 0 Å². The second-order valence-corrected chi connectivity index (χ2v) is 11.1. The zero-order chi connectivity index (χ0) is 22.0. The molecule has 0 bridgehead atoms. The maximum atomic E-state index is 10.5. The van der Waals surface area contributed by atoms with Gasteiger partial charge in [-0.2, -0.15) is 0 Å². The molecule has 1 saturated heterocycles. The molecule has 0 amide bonds. The number of hydroxylamine groups is 2. The molecule has 1 spiro atoms. The van der Waals surface area contributed by atoms with Gasteiger partial charge in [-0.25, -0.2) is 0 Å². The molecular weight excluding hydrogens is 400 g/mol. The van der Waals surface area contributed by atoms with Gasteiger partial charge >= 0.3 is 0 Å². The molecule has 2 aliphatic carbocycles. The number of hydrogen-bond acceptors (Lipinski definition) is 5. The van der Waals surface area contributed by atoms with Crippen LogP contribution in [0.1, 0.15) is 83.5 Å². The number of aliphatic hydroxyl groups is 1. The van der Waals surface area contributed by atoms with Crippen LogP contribution >= 0.6 is 0 Å². The Balaban J connectivity index is 1.17.